The first-order valence-corrected chi connectivity index (χ1v) is 6.50. The van der Waals surface area contributed by atoms with Gasteiger partial charge in [-0.15, -0.1) is 5.11 Å². The highest BCUT2D eigenvalue weighted by atomic mass is 16.6. The lowest BCUT2D eigenvalue weighted by Crippen LogP contribution is -2.14. The summed E-state index contributed by atoms with van der Waals surface area (Å²) in [6.07, 6.45) is 0. The van der Waals surface area contributed by atoms with Gasteiger partial charge in [0.2, 0.25) is 5.70 Å². The summed E-state index contributed by atoms with van der Waals surface area (Å²) in [5, 5.41) is 17.1. The Balaban J connectivity index is 2.19. The Kier molecular flexibility index (Phi) is 4.76. The Morgan fingerprint density at radius 3 is 2.71 bits per heavy atom. The zero-order valence-corrected chi connectivity index (χ0v) is 11.8. The zero-order valence-electron chi connectivity index (χ0n) is 11.8. The molecule has 0 bridgehead atoms. The van der Waals surface area contributed by atoms with E-state index in [1.165, 1.54) is 6.92 Å². The van der Waals surface area contributed by atoms with Gasteiger partial charge in [-0.3, -0.25) is 0 Å². The van der Waals surface area contributed by atoms with Crippen LogP contribution >= 0.6 is 0 Å². The summed E-state index contributed by atoms with van der Waals surface area (Å²) >= 11 is 0. The smallest absolute Gasteiger partial charge is 0.362 e. The Morgan fingerprint density at radius 1 is 1.33 bits per heavy atom. The molecule has 7 nitrogen and oxygen atoms in total. The molecule has 0 spiro atoms. The first-order valence-electron chi connectivity index (χ1n) is 6.50. The normalized spacial score (nSPS) is 14.8. The summed E-state index contributed by atoms with van der Waals surface area (Å²) in [5.74, 6) is 0.230. The van der Waals surface area contributed by atoms with Crippen LogP contribution in [0.15, 0.2) is 39.9 Å². The van der Waals surface area contributed by atoms with Crippen molar-refractivity contribution in [3.8, 4) is 11.5 Å². The number of nitrogens with zero attached hydrogens (tertiary/aromatic N) is 2. The average molecular weight is 292 g/mol. The first kappa shape index (κ1) is 14.8. The summed E-state index contributed by atoms with van der Waals surface area (Å²) in [5.41, 5.74) is 0.244. The van der Waals surface area contributed by atoms with Crippen molar-refractivity contribution in [2.75, 3.05) is 19.8 Å². The van der Waals surface area contributed by atoms with Crippen molar-refractivity contribution in [1.82, 2.24) is 0 Å². The van der Waals surface area contributed by atoms with Gasteiger partial charge in [-0.2, -0.15) is 5.11 Å². The Labute approximate surface area is 121 Å². The molecule has 0 aliphatic carbocycles. The van der Waals surface area contributed by atoms with E-state index in [0.29, 0.717) is 30.4 Å². The van der Waals surface area contributed by atoms with Gasteiger partial charge in [-0.1, -0.05) is 0 Å². The van der Waals surface area contributed by atoms with Crippen molar-refractivity contribution >= 4 is 11.7 Å². The largest absolute Gasteiger partial charge is 0.510 e. The predicted molar refractivity (Wildman–Crippen MR) is 73.9 cm³/mol. The molecular formula is C14H16N2O5. The van der Waals surface area contributed by atoms with Crippen LogP contribution in [-0.4, -0.2) is 30.9 Å². The summed E-state index contributed by atoms with van der Waals surface area (Å²) in [4.78, 5) is 11.6. The summed E-state index contributed by atoms with van der Waals surface area (Å²) in [6, 6.07) is 5.03. The van der Waals surface area contributed by atoms with Crippen molar-refractivity contribution in [3.05, 3.63) is 29.7 Å². The van der Waals surface area contributed by atoms with Crippen molar-refractivity contribution < 1.29 is 24.1 Å². The van der Waals surface area contributed by atoms with Gasteiger partial charge in [0, 0.05) is 6.07 Å². The second-order valence-electron chi connectivity index (χ2n) is 4.18. The highest BCUT2D eigenvalue weighted by Gasteiger charge is 2.15. The van der Waals surface area contributed by atoms with Gasteiger partial charge >= 0.3 is 5.97 Å². The van der Waals surface area contributed by atoms with Crippen molar-refractivity contribution in [3.63, 3.8) is 0 Å². The number of fused-ring (bicyclic) bond motifs is 1. The number of aliphatic hydroxyl groups excluding tert-OH is 1. The topological polar surface area (TPSA) is 89.7 Å². The molecule has 1 aromatic carbocycles. The maximum Gasteiger partial charge on any atom is 0.362 e. The lowest BCUT2D eigenvalue weighted by atomic mass is 10.2. The third kappa shape index (κ3) is 3.71. The molecule has 1 aliphatic rings. The number of azo groups is 1. The van der Waals surface area contributed by atoms with Crippen LogP contribution in [-0.2, 0) is 9.53 Å². The number of esters is 1. The van der Waals surface area contributed by atoms with E-state index in [0.717, 1.165) is 0 Å². The minimum Gasteiger partial charge on any atom is -0.510 e. The maximum atomic E-state index is 11.6. The third-order valence-electron chi connectivity index (χ3n) is 2.60. The maximum absolute atomic E-state index is 11.6. The number of benzene rings is 1. The highest BCUT2D eigenvalue weighted by Crippen LogP contribution is 2.33. The molecule has 0 unspecified atom stereocenters. The summed E-state index contributed by atoms with van der Waals surface area (Å²) in [6.45, 7) is 4.18. The van der Waals surface area contributed by atoms with Gasteiger partial charge in [0.1, 0.15) is 19.0 Å². The van der Waals surface area contributed by atoms with E-state index in [1.54, 1.807) is 25.1 Å². The molecule has 1 heterocycles. The number of allylic oxidation sites excluding steroid dienone is 1. The van der Waals surface area contributed by atoms with Gasteiger partial charge in [0.05, 0.1) is 12.3 Å². The minimum absolute atomic E-state index is 0.190. The molecule has 1 aliphatic heterocycles. The molecule has 0 fully saturated rings. The van der Waals surface area contributed by atoms with Gasteiger partial charge in [-0.05, 0) is 26.0 Å². The Hall–Kier alpha value is -2.57. The van der Waals surface area contributed by atoms with Crippen LogP contribution in [0, 0.1) is 0 Å². The molecule has 0 saturated heterocycles. The molecule has 21 heavy (non-hydrogen) atoms. The molecule has 7 heteroatoms. The summed E-state index contributed by atoms with van der Waals surface area (Å²) in [7, 11) is 0. The van der Waals surface area contributed by atoms with E-state index < -0.39 is 5.97 Å². The fourth-order valence-electron chi connectivity index (χ4n) is 1.66. The number of carbonyl (C=O) groups is 1. The van der Waals surface area contributed by atoms with E-state index in [1.807, 2.05) is 0 Å². The monoisotopic (exact) mass is 292 g/mol. The Morgan fingerprint density at radius 2 is 2.05 bits per heavy atom. The van der Waals surface area contributed by atoms with Gasteiger partial charge in [-0.25, -0.2) is 4.79 Å². The van der Waals surface area contributed by atoms with Crippen LogP contribution < -0.4 is 9.47 Å². The standard InChI is InChI=1S/C14H16N2O5/c1-3-19-14(18)13(9(2)17)16-15-10-4-5-11-12(8-10)21-7-6-20-11/h4-5,8,17H,3,6-7H2,1-2H3/b13-9-,16-15?. The SMILES string of the molecule is CCOC(=O)/C(N=Nc1ccc2c(c1)OCCO2)=C(\C)O. The average Bonchev–Trinajstić information content (AvgIpc) is 2.47. The molecule has 0 radical (unpaired) electrons. The predicted octanol–water partition coefficient (Wildman–Crippen LogP) is 2.89. The molecule has 112 valence electrons. The van der Waals surface area contributed by atoms with Crippen LogP contribution in [0.2, 0.25) is 0 Å². The van der Waals surface area contributed by atoms with Crippen LogP contribution in [0.3, 0.4) is 0 Å². The summed E-state index contributed by atoms with van der Waals surface area (Å²) < 4.78 is 15.6. The van der Waals surface area contributed by atoms with Crippen LogP contribution in [0.5, 0.6) is 11.5 Å². The van der Waals surface area contributed by atoms with Crippen LogP contribution in [0.4, 0.5) is 5.69 Å². The number of carbonyl (C=O) groups excluding carboxylic acids is 1. The quantitative estimate of drug-likeness (QED) is 0.399. The van der Waals surface area contributed by atoms with E-state index in [9.17, 15) is 9.90 Å². The van der Waals surface area contributed by atoms with Gasteiger partial charge < -0.3 is 19.3 Å². The van der Waals surface area contributed by atoms with Gasteiger partial charge in [0.15, 0.2) is 11.5 Å². The van der Waals surface area contributed by atoms with E-state index >= 15 is 0 Å². The molecule has 1 N–H and O–H groups in total. The lowest BCUT2D eigenvalue weighted by molar-refractivity contribution is -0.138. The molecule has 0 atom stereocenters. The highest BCUT2D eigenvalue weighted by molar-refractivity contribution is 5.88. The molecule has 0 amide bonds. The molecule has 0 saturated carbocycles. The number of rotatable bonds is 4. The fourth-order valence-corrected chi connectivity index (χ4v) is 1.66. The van der Waals surface area contributed by atoms with Crippen LogP contribution in [0.25, 0.3) is 0 Å². The fraction of sp³-hybridized carbons (Fsp3) is 0.357. The van der Waals surface area contributed by atoms with Crippen molar-refractivity contribution in [2.24, 2.45) is 10.2 Å². The van der Waals surface area contributed by atoms with Crippen molar-refractivity contribution in [1.29, 1.82) is 0 Å². The number of aliphatic hydroxyl groups is 1. The zero-order chi connectivity index (χ0) is 15.2. The second-order valence-corrected chi connectivity index (χ2v) is 4.18. The second kappa shape index (κ2) is 6.74. The molecule has 0 aromatic heterocycles. The van der Waals surface area contributed by atoms with E-state index in [2.05, 4.69) is 10.2 Å². The lowest BCUT2D eigenvalue weighted by Gasteiger charge is -2.17. The molecule has 2 rings (SSSR count). The third-order valence-corrected chi connectivity index (χ3v) is 2.60. The van der Waals surface area contributed by atoms with Crippen molar-refractivity contribution in [2.45, 2.75) is 13.8 Å². The van der Waals surface area contributed by atoms with Crippen LogP contribution in [0.1, 0.15) is 13.8 Å². The van der Waals surface area contributed by atoms with E-state index in [-0.39, 0.29) is 18.1 Å². The number of hydrogen-bond donors (Lipinski definition) is 1. The first-order chi connectivity index (χ1) is 10.1. The molecular weight excluding hydrogens is 276 g/mol. The minimum atomic E-state index is -0.723. The molecule has 1 aromatic rings. The van der Waals surface area contributed by atoms with Gasteiger partial charge in [0.25, 0.3) is 0 Å². The Bertz CT molecular complexity index is 591. The van der Waals surface area contributed by atoms with E-state index in [4.69, 9.17) is 14.2 Å². The number of ether oxygens (including phenoxy) is 3. The number of hydrogen-bond acceptors (Lipinski definition) is 7.